The van der Waals surface area contributed by atoms with Crippen molar-refractivity contribution in [2.24, 2.45) is 0 Å². The number of pyridine rings is 1. The van der Waals surface area contributed by atoms with Crippen molar-refractivity contribution in [1.82, 2.24) is 4.98 Å². The van der Waals surface area contributed by atoms with Gasteiger partial charge in [0.15, 0.2) is 11.6 Å². The van der Waals surface area contributed by atoms with Crippen LogP contribution in [0, 0.1) is 17.5 Å². The van der Waals surface area contributed by atoms with Gasteiger partial charge >= 0.3 is 0 Å². The molecule has 0 aliphatic heterocycles. The third-order valence-electron chi connectivity index (χ3n) is 3.00. The number of hydrogen-bond donors (Lipinski definition) is 1. The molecule has 0 radical (unpaired) electrons. The molecule has 0 amide bonds. The molecule has 2 rings (SSSR count). The van der Waals surface area contributed by atoms with Crippen molar-refractivity contribution in [2.45, 2.75) is 26.2 Å². The van der Waals surface area contributed by atoms with E-state index < -0.39 is 17.5 Å². The predicted octanol–water partition coefficient (Wildman–Crippen LogP) is 3.99. The molecule has 1 aromatic carbocycles. The van der Waals surface area contributed by atoms with E-state index in [-0.39, 0.29) is 16.3 Å². The Kier molecular flexibility index (Phi) is 3.16. The van der Waals surface area contributed by atoms with Gasteiger partial charge < -0.3 is 5.32 Å². The highest BCUT2D eigenvalue weighted by Crippen LogP contribution is 2.33. The number of aromatic nitrogens is 1. The van der Waals surface area contributed by atoms with Crippen LogP contribution in [0.4, 0.5) is 19.0 Å². The Morgan fingerprint density at radius 1 is 1.05 bits per heavy atom. The molecule has 0 unspecified atom stereocenters. The maximum absolute atomic E-state index is 13.8. The van der Waals surface area contributed by atoms with Gasteiger partial charge in [0.1, 0.15) is 17.2 Å². The second kappa shape index (κ2) is 4.40. The largest absolute Gasteiger partial charge is 0.373 e. The number of nitrogens with zero attached hydrogens (tertiary/aromatic N) is 1. The summed E-state index contributed by atoms with van der Waals surface area (Å²) >= 11 is 0. The number of rotatable bonds is 1. The molecule has 0 aliphatic rings. The lowest BCUT2D eigenvalue weighted by atomic mass is 9.86. The SMILES string of the molecule is CNc1nc2c(F)c(F)cc(F)c2cc1C(C)(C)C. The second-order valence-electron chi connectivity index (χ2n) is 5.43. The number of halogens is 3. The highest BCUT2D eigenvalue weighted by atomic mass is 19.2. The van der Waals surface area contributed by atoms with Crippen molar-refractivity contribution >= 4 is 16.7 Å². The fourth-order valence-corrected chi connectivity index (χ4v) is 1.99. The molecule has 0 spiro atoms. The third-order valence-corrected chi connectivity index (χ3v) is 3.00. The average Bonchev–Trinajstić information content (AvgIpc) is 2.33. The Labute approximate surface area is 109 Å². The fraction of sp³-hybridized carbons (Fsp3) is 0.357. The summed E-state index contributed by atoms with van der Waals surface area (Å²) in [6.45, 7) is 5.82. The number of hydrogen-bond acceptors (Lipinski definition) is 2. The van der Waals surface area contributed by atoms with Crippen LogP contribution in [0.3, 0.4) is 0 Å². The second-order valence-corrected chi connectivity index (χ2v) is 5.43. The number of nitrogens with one attached hydrogen (secondary N) is 1. The predicted molar refractivity (Wildman–Crippen MR) is 69.9 cm³/mol. The average molecular weight is 268 g/mol. The van der Waals surface area contributed by atoms with E-state index >= 15 is 0 Å². The standard InChI is InChI=1S/C14H15F3N2/c1-14(2,3)8-5-7-9(15)6-10(16)11(17)12(7)19-13(8)18-4/h5-6H,1-4H3,(H,18,19). The van der Waals surface area contributed by atoms with Crippen LogP contribution in [0.5, 0.6) is 0 Å². The highest BCUT2D eigenvalue weighted by Gasteiger charge is 2.22. The molecule has 0 atom stereocenters. The first-order valence-electron chi connectivity index (χ1n) is 5.92. The minimum atomic E-state index is -1.23. The molecule has 0 saturated carbocycles. The van der Waals surface area contributed by atoms with Crippen LogP contribution in [-0.4, -0.2) is 12.0 Å². The highest BCUT2D eigenvalue weighted by molar-refractivity contribution is 5.83. The number of fused-ring (bicyclic) bond motifs is 1. The van der Waals surface area contributed by atoms with Crippen LogP contribution < -0.4 is 5.32 Å². The Morgan fingerprint density at radius 2 is 1.68 bits per heavy atom. The maximum Gasteiger partial charge on any atom is 0.185 e. The monoisotopic (exact) mass is 268 g/mol. The lowest BCUT2D eigenvalue weighted by Crippen LogP contribution is -2.15. The van der Waals surface area contributed by atoms with Gasteiger partial charge in [-0.2, -0.15) is 0 Å². The first-order chi connectivity index (χ1) is 8.75. The number of anilines is 1. The van der Waals surface area contributed by atoms with Crippen LogP contribution in [0.15, 0.2) is 12.1 Å². The van der Waals surface area contributed by atoms with E-state index in [4.69, 9.17) is 0 Å². The molecule has 2 aromatic rings. The molecule has 1 heterocycles. The van der Waals surface area contributed by atoms with Gasteiger partial charge in [-0.25, -0.2) is 18.2 Å². The van der Waals surface area contributed by atoms with Gasteiger partial charge in [0.05, 0.1) is 0 Å². The molecule has 0 bridgehead atoms. The van der Waals surface area contributed by atoms with Gasteiger partial charge in [-0.05, 0) is 11.5 Å². The van der Waals surface area contributed by atoms with Gasteiger partial charge in [0.2, 0.25) is 0 Å². The molecular formula is C14H15F3N2. The van der Waals surface area contributed by atoms with Crippen LogP contribution in [0.2, 0.25) is 0 Å². The van der Waals surface area contributed by atoms with E-state index in [0.717, 1.165) is 5.56 Å². The molecule has 5 heteroatoms. The summed E-state index contributed by atoms with van der Waals surface area (Å²) in [5.41, 5.74) is 0.152. The van der Waals surface area contributed by atoms with E-state index in [1.165, 1.54) is 6.07 Å². The molecule has 1 N–H and O–H groups in total. The van der Waals surface area contributed by atoms with E-state index in [0.29, 0.717) is 11.9 Å². The van der Waals surface area contributed by atoms with Crippen molar-refractivity contribution < 1.29 is 13.2 Å². The summed E-state index contributed by atoms with van der Waals surface area (Å²) in [5.74, 6) is -2.75. The van der Waals surface area contributed by atoms with Crippen LogP contribution in [0.25, 0.3) is 10.9 Å². The first-order valence-corrected chi connectivity index (χ1v) is 5.92. The fourth-order valence-electron chi connectivity index (χ4n) is 1.99. The molecule has 2 nitrogen and oxygen atoms in total. The van der Waals surface area contributed by atoms with Crippen molar-refractivity contribution in [3.63, 3.8) is 0 Å². The minimum Gasteiger partial charge on any atom is -0.373 e. The van der Waals surface area contributed by atoms with Gasteiger partial charge in [-0.15, -0.1) is 0 Å². The molecule has 0 fully saturated rings. The lowest BCUT2D eigenvalue weighted by Gasteiger charge is -2.22. The normalized spacial score (nSPS) is 11.9. The molecular weight excluding hydrogens is 253 g/mol. The van der Waals surface area contributed by atoms with Crippen LogP contribution in [0.1, 0.15) is 26.3 Å². The molecule has 102 valence electrons. The molecule has 19 heavy (non-hydrogen) atoms. The van der Waals surface area contributed by atoms with E-state index in [2.05, 4.69) is 10.3 Å². The molecule has 0 aliphatic carbocycles. The summed E-state index contributed by atoms with van der Waals surface area (Å²) in [4.78, 5) is 4.02. The van der Waals surface area contributed by atoms with Crippen molar-refractivity contribution in [1.29, 1.82) is 0 Å². The zero-order chi connectivity index (χ0) is 14.4. The summed E-state index contributed by atoms with van der Waals surface area (Å²) in [7, 11) is 1.64. The molecule has 0 saturated heterocycles. The smallest absolute Gasteiger partial charge is 0.185 e. The van der Waals surface area contributed by atoms with Crippen molar-refractivity contribution in [3.8, 4) is 0 Å². The first kappa shape index (κ1) is 13.6. The number of benzene rings is 1. The van der Waals surface area contributed by atoms with Gasteiger partial charge in [-0.3, -0.25) is 0 Å². The summed E-state index contributed by atoms with van der Waals surface area (Å²) < 4.78 is 40.7. The van der Waals surface area contributed by atoms with Crippen LogP contribution >= 0.6 is 0 Å². The Balaban J connectivity index is 2.90. The molecule has 1 aromatic heterocycles. The summed E-state index contributed by atoms with van der Waals surface area (Å²) in [6, 6.07) is 2.07. The summed E-state index contributed by atoms with van der Waals surface area (Å²) in [5, 5.41) is 2.83. The van der Waals surface area contributed by atoms with Gasteiger partial charge in [0, 0.05) is 24.1 Å². The van der Waals surface area contributed by atoms with E-state index in [1.54, 1.807) is 7.05 Å². The van der Waals surface area contributed by atoms with Crippen molar-refractivity contribution in [3.05, 3.63) is 35.1 Å². The Morgan fingerprint density at radius 3 is 2.21 bits per heavy atom. The van der Waals surface area contributed by atoms with Crippen molar-refractivity contribution in [2.75, 3.05) is 12.4 Å². The quantitative estimate of drug-likeness (QED) is 0.791. The zero-order valence-corrected chi connectivity index (χ0v) is 11.2. The van der Waals surface area contributed by atoms with E-state index in [1.807, 2.05) is 20.8 Å². The maximum atomic E-state index is 13.8. The Hall–Kier alpha value is -1.78. The minimum absolute atomic E-state index is 0.0113. The van der Waals surface area contributed by atoms with E-state index in [9.17, 15) is 13.2 Å². The van der Waals surface area contributed by atoms with Gasteiger partial charge in [-0.1, -0.05) is 20.8 Å². The topological polar surface area (TPSA) is 24.9 Å². The third kappa shape index (κ3) is 2.25. The zero-order valence-electron chi connectivity index (χ0n) is 11.2. The lowest BCUT2D eigenvalue weighted by molar-refractivity contribution is 0.503. The van der Waals surface area contributed by atoms with Crippen LogP contribution in [-0.2, 0) is 5.41 Å². The Bertz CT molecular complexity index is 645. The summed E-state index contributed by atoms with van der Waals surface area (Å²) in [6.07, 6.45) is 0. The van der Waals surface area contributed by atoms with Gasteiger partial charge in [0.25, 0.3) is 0 Å².